The van der Waals surface area contributed by atoms with Crippen molar-refractivity contribution in [2.45, 2.75) is 12.0 Å². The lowest BCUT2D eigenvalue weighted by Gasteiger charge is -2.27. The van der Waals surface area contributed by atoms with Gasteiger partial charge in [0.2, 0.25) is 0 Å². The lowest BCUT2D eigenvalue weighted by Crippen LogP contribution is -2.23. The van der Waals surface area contributed by atoms with Gasteiger partial charge in [0.05, 0.1) is 6.10 Å². The number of methoxy groups -OCH3 is 1. The third-order valence-electron chi connectivity index (χ3n) is 3.34. The maximum Gasteiger partial charge on any atom is 0.147 e. The molecule has 2 aromatic carbocycles. The van der Waals surface area contributed by atoms with E-state index in [-0.39, 0.29) is 18.8 Å². The van der Waals surface area contributed by atoms with Gasteiger partial charge in [0.15, 0.2) is 0 Å². The molecule has 0 heterocycles. The van der Waals surface area contributed by atoms with Gasteiger partial charge in [0, 0.05) is 19.6 Å². The summed E-state index contributed by atoms with van der Waals surface area (Å²) in [5.74, 6) is 0.105. The molecule has 0 unspecified atom stereocenters. The summed E-state index contributed by atoms with van der Waals surface area (Å²) >= 11 is 0. The molecule has 0 aliphatic carbocycles. The van der Waals surface area contributed by atoms with Gasteiger partial charge >= 0.3 is 0 Å². The molecule has 0 aliphatic heterocycles. The van der Waals surface area contributed by atoms with Crippen LogP contribution >= 0.6 is 0 Å². The largest absolute Gasteiger partial charge is 0.359 e. The Hall–Kier alpha value is -1.68. The highest BCUT2D eigenvalue weighted by Crippen LogP contribution is 2.33. The van der Waals surface area contributed by atoms with Gasteiger partial charge in [0.25, 0.3) is 0 Å². The molecule has 3 heteroatoms. The molecule has 0 aromatic heterocycles. The molecule has 2 aromatic rings. The molecule has 2 N–H and O–H groups in total. The Morgan fingerprint density at radius 3 is 1.95 bits per heavy atom. The predicted molar refractivity (Wildman–Crippen MR) is 80.4 cm³/mol. The summed E-state index contributed by atoms with van der Waals surface area (Å²) in [7, 11) is 1.63. The van der Waals surface area contributed by atoms with Gasteiger partial charge in [-0.2, -0.15) is 0 Å². The molecule has 0 saturated heterocycles. The van der Waals surface area contributed by atoms with Crippen molar-refractivity contribution in [3.05, 3.63) is 71.8 Å². The Morgan fingerprint density at radius 1 is 0.900 bits per heavy atom. The molecule has 0 spiro atoms. The summed E-state index contributed by atoms with van der Waals surface area (Å²) in [6.45, 7) is 0.774. The highest BCUT2D eigenvalue weighted by molar-refractivity contribution is 5.27. The molecule has 2 rings (SSSR count). The minimum Gasteiger partial charge on any atom is -0.359 e. The van der Waals surface area contributed by atoms with E-state index < -0.39 is 0 Å². The molecule has 0 saturated carbocycles. The van der Waals surface area contributed by atoms with E-state index in [0.29, 0.717) is 6.54 Å². The lowest BCUT2D eigenvalue weighted by atomic mass is 9.89. The Bertz CT molecular complexity index is 487. The van der Waals surface area contributed by atoms with Crippen LogP contribution in [0, 0.1) is 0 Å². The normalized spacial score (nSPS) is 13.9. The van der Waals surface area contributed by atoms with E-state index in [2.05, 4.69) is 24.3 Å². The van der Waals surface area contributed by atoms with E-state index >= 15 is 0 Å². The standard InChI is InChI=1S/C17H21NO2/c1-19-13-20-17(15-10-6-3-7-11-15)16(12-18)14-8-4-2-5-9-14/h2-11,16-17H,12-13,18H2,1H3/t16-,17-/m0/s1. The van der Waals surface area contributed by atoms with E-state index in [1.807, 2.05) is 36.4 Å². The quantitative estimate of drug-likeness (QED) is 0.787. The Kier molecular flexibility index (Phi) is 5.74. The SMILES string of the molecule is COCO[C@@H](c1ccccc1)[C@@H](CN)c1ccccc1. The Labute approximate surface area is 120 Å². The van der Waals surface area contributed by atoms with Crippen LogP contribution in [0.3, 0.4) is 0 Å². The van der Waals surface area contributed by atoms with E-state index in [9.17, 15) is 0 Å². The van der Waals surface area contributed by atoms with Gasteiger partial charge < -0.3 is 15.2 Å². The van der Waals surface area contributed by atoms with E-state index in [1.165, 1.54) is 5.56 Å². The minimum absolute atomic E-state index is 0.105. The predicted octanol–water partition coefficient (Wildman–Crippen LogP) is 3.09. The average molecular weight is 271 g/mol. The van der Waals surface area contributed by atoms with Crippen molar-refractivity contribution < 1.29 is 9.47 Å². The summed E-state index contributed by atoms with van der Waals surface area (Å²) in [6, 6.07) is 20.4. The van der Waals surface area contributed by atoms with Crippen LogP contribution in [-0.4, -0.2) is 20.4 Å². The van der Waals surface area contributed by atoms with Crippen molar-refractivity contribution in [2.24, 2.45) is 5.73 Å². The molecule has 0 bridgehead atoms. The molecular formula is C17H21NO2. The van der Waals surface area contributed by atoms with Crippen LogP contribution in [0.2, 0.25) is 0 Å². The highest BCUT2D eigenvalue weighted by Gasteiger charge is 2.24. The number of hydrogen-bond donors (Lipinski definition) is 1. The van der Waals surface area contributed by atoms with Gasteiger partial charge in [-0.3, -0.25) is 0 Å². The van der Waals surface area contributed by atoms with Crippen molar-refractivity contribution in [3.63, 3.8) is 0 Å². The lowest BCUT2D eigenvalue weighted by molar-refractivity contribution is -0.0816. The summed E-state index contributed by atoms with van der Waals surface area (Å²) in [5.41, 5.74) is 8.29. The van der Waals surface area contributed by atoms with Crippen LogP contribution in [0.25, 0.3) is 0 Å². The van der Waals surface area contributed by atoms with Crippen LogP contribution < -0.4 is 5.73 Å². The minimum atomic E-state index is -0.108. The van der Waals surface area contributed by atoms with E-state index in [0.717, 1.165) is 5.56 Å². The smallest absolute Gasteiger partial charge is 0.147 e. The number of ether oxygens (including phenoxy) is 2. The summed E-state index contributed by atoms with van der Waals surface area (Å²) in [6.07, 6.45) is -0.108. The van der Waals surface area contributed by atoms with Crippen molar-refractivity contribution in [2.75, 3.05) is 20.4 Å². The summed E-state index contributed by atoms with van der Waals surface area (Å²) < 4.78 is 10.9. The Morgan fingerprint density at radius 2 is 1.45 bits per heavy atom. The van der Waals surface area contributed by atoms with Crippen LogP contribution in [0.1, 0.15) is 23.1 Å². The van der Waals surface area contributed by atoms with Gasteiger partial charge in [-0.1, -0.05) is 60.7 Å². The van der Waals surface area contributed by atoms with Crippen LogP contribution in [0.5, 0.6) is 0 Å². The monoisotopic (exact) mass is 271 g/mol. The summed E-state index contributed by atoms with van der Waals surface area (Å²) in [5, 5.41) is 0. The van der Waals surface area contributed by atoms with Crippen molar-refractivity contribution in [3.8, 4) is 0 Å². The second kappa shape index (κ2) is 7.80. The van der Waals surface area contributed by atoms with Gasteiger partial charge in [-0.05, 0) is 11.1 Å². The first-order valence-corrected chi connectivity index (χ1v) is 6.77. The molecule has 106 valence electrons. The molecule has 0 amide bonds. The van der Waals surface area contributed by atoms with Crippen molar-refractivity contribution in [1.82, 2.24) is 0 Å². The first-order valence-electron chi connectivity index (χ1n) is 6.77. The molecule has 20 heavy (non-hydrogen) atoms. The highest BCUT2D eigenvalue weighted by atomic mass is 16.7. The molecule has 0 radical (unpaired) electrons. The molecule has 0 fully saturated rings. The zero-order valence-electron chi connectivity index (χ0n) is 11.7. The molecule has 2 atom stereocenters. The molecule has 0 aliphatic rings. The topological polar surface area (TPSA) is 44.5 Å². The second-order valence-electron chi connectivity index (χ2n) is 4.66. The van der Waals surface area contributed by atoms with Crippen LogP contribution in [0.15, 0.2) is 60.7 Å². The fraction of sp³-hybridized carbons (Fsp3) is 0.294. The third kappa shape index (κ3) is 3.67. The van der Waals surface area contributed by atoms with E-state index in [4.69, 9.17) is 15.2 Å². The first kappa shape index (κ1) is 14.7. The number of benzene rings is 2. The fourth-order valence-electron chi connectivity index (χ4n) is 2.36. The maximum atomic E-state index is 5.99. The zero-order valence-corrected chi connectivity index (χ0v) is 11.7. The second-order valence-corrected chi connectivity index (χ2v) is 4.66. The fourth-order valence-corrected chi connectivity index (χ4v) is 2.36. The maximum absolute atomic E-state index is 5.99. The molecule has 3 nitrogen and oxygen atoms in total. The van der Waals surface area contributed by atoms with Crippen LogP contribution in [-0.2, 0) is 9.47 Å². The third-order valence-corrected chi connectivity index (χ3v) is 3.34. The number of rotatable bonds is 7. The first-order chi connectivity index (χ1) is 9.86. The van der Waals surface area contributed by atoms with Crippen molar-refractivity contribution >= 4 is 0 Å². The zero-order chi connectivity index (χ0) is 14.2. The van der Waals surface area contributed by atoms with Gasteiger partial charge in [-0.15, -0.1) is 0 Å². The number of hydrogen-bond acceptors (Lipinski definition) is 3. The van der Waals surface area contributed by atoms with Crippen LogP contribution in [0.4, 0.5) is 0 Å². The van der Waals surface area contributed by atoms with E-state index in [1.54, 1.807) is 7.11 Å². The molecular weight excluding hydrogens is 250 g/mol. The summed E-state index contributed by atoms with van der Waals surface area (Å²) in [4.78, 5) is 0. The van der Waals surface area contributed by atoms with Gasteiger partial charge in [-0.25, -0.2) is 0 Å². The van der Waals surface area contributed by atoms with Crippen molar-refractivity contribution in [1.29, 1.82) is 0 Å². The Balaban J connectivity index is 2.29. The average Bonchev–Trinajstić information content (AvgIpc) is 2.53. The number of nitrogens with two attached hydrogens (primary N) is 1. The van der Waals surface area contributed by atoms with Gasteiger partial charge in [0.1, 0.15) is 6.79 Å².